The van der Waals surface area contributed by atoms with Crippen LogP contribution in [-0.2, 0) is 12.7 Å². The van der Waals surface area contributed by atoms with Crippen LogP contribution in [0.15, 0.2) is 30.3 Å². The first-order valence-electron chi connectivity index (χ1n) is 7.82. The molecule has 1 aromatic carbocycles. The summed E-state index contributed by atoms with van der Waals surface area (Å²) in [5, 5.41) is 7.11. The van der Waals surface area contributed by atoms with Gasteiger partial charge in [0.25, 0.3) is 5.91 Å². The molecule has 0 aliphatic rings. The summed E-state index contributed by atoms with van der Waals surface area (Å²) in [4.78, 5) is 12.3. The van der Waals surface area contributed by atoms with Crippen LogP contribution in [0.25, 0.3) is 11.3 Å². The van der Waals surface area contributed by atoms with Crippen molar-refractivity contribution in [2.75, 3.05) is 0 Å². The van der Waals surface area contributed by atoms with Crippen molar-refractivity contribution in [3.63, 3.8) is 0 Å². The van der Waals surface area contributed by atoms with Gasteiger partial charge < -0.3 is 5.32 Å². The molecular formula is C17H20F3N3O. The van der Waals surface area contributed by atoms with Crippen molar-refractivity contribution in [1.29, 1.82) is 0 Å². The number of alkyl halides is 3. The minimum atomic E-state index is -4.42. The van der Waals surface area contributed by atoms with E-state index in [1.54, 1.807) is 6.07 Å². The standard InChI is InChI=1S/C17H20F3N3O/c1-4-11(3)21-16(24)15-10-14(22-23(15)5-2)12-7-6-8-13(9-12)17(18,19)20/h6-11H,4-5H2,1-3H3,(H,21,24)/t11-/m0/s1. The van der Waals surface area contributed by atoms with Gasteiger partial charge in [-0.2, -0.15) is 18.3 Å². The van der Waals surface area contributed by atoms with Gasteiger partial charge in [-0.05, 0) is 38.5 Å². The molecule has 0 aliphatic heterocycles. The van der Waals surface area contributed by atoms with Crippen LogP contribution >= 0.6 is 0 Å². The molecule has 0 aliphatic carbocycles. The predicted octanol–water partition coefficient (Wildman–Crippen LogP) is 4.12. The van der Waals surface area contributed by atoms with Crippen molar-refractivity contribution in [3.05, 3.63) is 41.6 Å². The normalized spacial score (nSPS) is 12.9. The predicted molar refractivity (Wildman–Crippen MR) is 85.6 cm³/mol. The highest BCUT2D eigenvalue weighted by Crippen LogP contribution is 2.32. The number of aromatic nitrogens is 2. The van der Waals surface area contributed by atoms with Gasteiger partial charge in [0.2, 0.25) is 0 Å². The van der Waals surface area contributed by atoms with Crippen LogP contribution in [0.1, 0.15) is 43.2 Å². The topological polar surface area (TPSA) is 46.9 Å². The summed E-state index contributed by atoms with van der Waals surface area (Å²) < 4.78 is 40.1. The second-order valence-electron chi connectivity index (χ2n) is 5.59. The highest BCUT2D eigenvalue weighted by atomic mass is 19.4. The van der Waals surface area contributed by atoms with Gasteiger partial charge in [-0.3, -0.25) is 9.48 Å². The van der Waals surface area contributed by atoms with Crippen LogP contribution in [-0.4, -0.2) is 21.7 Å². The number of hydrogen-bond acceptors (Lipinski definition) is 2. The van der Waals surface area contributed by atoms with Gasteiger partial charge in [0.05, 0.1) is 11.3 Å². The third kappa shape index (κ3) is 3.96. The molecule has 0 bridgehead atoms. The van der Waals surface area contributed by atoms with Crippen LogP contribution in [0, 0.1) is 0 Å². The number of hydrogen-bond donors (Lipinski definition) is 1. The van der Waals surface area contributed by atoms with E-state index in [-0.39, 0.29) is 11.9 Å². The van der Waals surface area contributed by atoms with Crippen molar-refractivity contribution >= 4 is 5.91 Å². The number of nitrogens with one attached hydrogen (secondary N) is 1. The van der Waals surface area contributed by atoms with E-state index in [1.807, 2.05) is 20.8 Å². The zero-order chi connectivity index (χ0) is 17.9. The summed E-state index contributed by atoms with van der Waals surface area (Å²) in [5.74, 6) is -0.281. The summed E-state index contributed by atoms with van der Waals surface area (Å²) in [6.07, 6.45) is -3.63. The van der Waals surface area contributed by atoms with E-state index in [2.05, 4.69) is 10.4 Å². The number of amides is 1. The Morgan fingerprint density at radius 1 is 1.29 bits per heavy atom. The van der Waals surface area contributed by atoms with Gasteiger partial charge in [-0.15, -0.1) is 0 Å². The number of aryl methyl sites for hydroxylation is 1. The van der Waals surface area contributed by atoms with E-state index >= 15 is 0 Å². The molecule has 2 rings (SSSR count). The lowest BCUT2D eigenvalue weighted by atomic mass is 10.1. The Morgan fingerprint density at radius 2 is 2.00 bits per heavy atom. The SMILES string of the molecule is CC[C@H](C)NC(=O)c1cc(-c2cccc(C(F)(F)F)c2)nn1CC. The number of halogens is 3. The lowest BCUT2D eigenvalue weighted by Gasteiger charge is -2.11. The second-order valence-corrected chi connectivity index (χ2v) is 5.59. The average molecular weight is 339 g/mol. The molecule has 0 saturated carbocycles. The number of nitrogens with zero attached hydrogens (tertiary/aromatic N) is 2. The van der Waals surface area contributed by atoms with E-state index < -0.39 is 11.7 Å². The summed E-state index contributed by atoms with van der Waals surface area (Å²) in [6, 6.07) is 6.47. The third-order valence-corrected chi connectivity index (χ3v) is 3.79. The molecule has 1 heterocycles. The smallest absolute Gasteiger partial charge is 0.348 e. The van der Waals surface area contributed by atoms with Gasteiger partial charge in [-0.25, -0.2) is 0 Å². The molecule has 1 N–H and O–H groups in total. The van der Waals surface area contributed by atoms with Crippen LogP contribution in [0.3, 0.4) is 0 Å². The zero-order valence-corrected chi connectivity index (χ0v) is 13.8. The maximum Gasteiger partial charge on any atom is 0.416 e. The molecule has 1 atom stereocenters. The molecule has 0 spiro atoms. The number of carbonyl (C=O) groups is 1. The minimum absolute atomic E-state index is 0.00899. The van der Waals surface area contributed by atoms with Crippen molar-refractivity contribution in [1.82, 2.24) is 15.1 Å². The fraction of sp³-hybridized carbons (Fsp3) is 0.412. The third-order valence-electron chi connectivity index (χ3n) is 3.79. The molecule has 130 valence electrons. The maximum absolute atomic E-state index is 12.9. The molecule has 0 radical (unpaired) electrons. The number of benzene rings is 1. The van der Waals surface area contributed by atoms with E-state index in [4.69, 9.17) is 0 Å². The van der Waals surface area contributed by atoms with Crippen molar-refractivity contribution in [3.8, 4) is 11.3 Å². The molecule has 7 heteroatoms. The molecule has 24 heavy (non-hydrogen) atoms. The van der Waals surface area contributed by atoms with Gasteiger partial charge in [0, 0.05) is 18.2 Å². The van der Waals surface area contributed by atoms with Crippen LogP contribution in [0.5, 0.6) is 0 Å². The first-order chi connectivity index (χ1) is 11.3. The van der Waals surface area contributed by atoms with Crippen molar-refractivity contribution in [2.45, 2.75) is 46.0 Å². The van der Waals surface area contributed by atoms with Crippen LogP contribution in [0.4, 0.5) is 13.2 Å². The fourth-order valence-corrected chi connectivity index (χ4v) is 2.24. The van der Waals surface area contributed by atoms with Gasteiger partial charge in [0.1, 0.15) is 5.69 Å². The molecule has 1 aromatic heterocycles. The Kier molecular flexibility index (Phi) is 5.31. The molecular weight excluding hydrogens is 319 g/mol. The van der Waals surface area contributed by atoms with E-state index in [1.165, 1.54) is 16.8 Å². The second kappa shape index (κ2) is 7.07. The van der Waals surface area contributed by atoms with E-state index in [9.17, 15) is 18.0 Å². The zero-order valence-electron chi connectivity index (χ0n) is 13.8. The van der Waals surface area contributed by atoms with Crippen LogP contribution in [0.2, 0.25) is 0 Å². The molecule has 0 fully saturated rings. The highest BCUT2D eigenvalue weighted by molar-refractivity contribution is 5.93. The van der Waals surface area contributed by atoms with Gasteiger partial charge in [-0.1, -0.05) is 19.1 Å². The monoisotopic (exact) mass is 339 g/mol. The summed E-state index contributed by atoms with van der Waals surface area (Å²) in [5.41, 5.74) is 0.272. The quantitative estimate of drug-likeness (QED) is 0.891. The summed E-state index contributed by atoms with van der Waals surface area (Å²) >= 11 is 0. The molecule has 2 aromatic rings. The maximum atomic E-state index is 12.9. The summed E-state index contributed by atoms with van der Waals surface area (Å²) in [6.45, 7) is 6.11. The lowest BCUT2D eigenvalue weighted by Crippen LogP contribution is -2.33. The number of rotatable bonds is 5. The fourth-order valence-electron chi connectivity index (χ4n) is 2.24. The molecule has 1 amide bonds. The number of carbonyl (C=O) groups excluding carboxylic acids is 1. The van der Waals surface area contributed by atoms with Crippen molar-refractivity contribution in [2.24, 2.45) is 0 Å². The first kappa shape index (κ1) is 18.0. The molecule has 0 saturated heterocycles. The van der Waals surface area contributed by atoms with E-state index in [0.717, 1.165) is 18.6 Å². The Morgan fingerprint density at radius 3 is 2.58 bits per heavy atom. The Bertz CT molecular complexity index is 722. The Balaban J connectivity index is 2.38. The Hall–Kier alpha value is -2.31. The largest absolute Gasteiger partial charge is 0.416 e. The lowest BCUT2D eigenvalue weighted by molar-refractivity contribution is -0.137. The molecule has 4 nitrogen and oxygen atoms in total. The minimum Gasteiger partial charge on any atom is -0.348 e. The molecule has 0 unspecified atom stereocenters. The van der Waals surface area contributed by atoms with Gasteiger partial charge in [0.15, 0.2) is 0 Å². The summed E-state index contributed by atoms with van der Waals surface area (Å²) in [7, 11) is 0. The van der Waals surface area contributed by atoms with Crippen molar-refractivity contribution < 1.29 is 18.0 Å². The van der Waals surface area contributed by atoms with Crippen LogP contribution < -0.4 is 5.32 Å². The first-order valence-corrected chi connectivity index (χ1v) is 7.82. The highest BCUT2D eigenvalue weighted by Gasteiger charge is 2.30. The van der Waals surface area contributed by atoms with Gasteiger partial charge >= 0.3 is 6.18 Å². The Labute approximate surface area is 138 Å². The average Bonchev–Trinajstić information content (AvgIpc) is 2.98. The van der Waals surface area contributed by atoms with E-state index in [0.29, 0.717) is 23.5 Å².